The number of rotatable bonds is 4. The van der Waals surface area contributed by atoms with Crippen LogP contribution in [0.5, 0.6) is 0 Å². The number of nitrogens with one attached hydrogen (secondary N) is 1. The van der Waals surface area contributed by atoms with Crippen molar-refractivity contribution in [2.45, 2.75) is 32.1 Å². The molecule has 1 aromatic rings. The fourth-order valence-electron chi connectivity index (χ4n) is 2.06. The van der Waals surface area contributed by atoms with E-state index in [0.717, 1.165) is 12.8 Å². The molecule has 0 heterocycles. The van der Waals surface area contributed by atoms with Crippen LogP contribution in [0.4, 0.5) is 4.39 Å². The molecule has 0 spiro atoms. The summed E-state index contributed by atoms with van der Waals surface area (Å²) in [6, 6.07) is 6.58. The Kier molecular flexibility index (Phi) is 3.18. The summed E-state index contributed by atoms with van der Waals surface area (Å²) in [5.41, 5.74) is -0.0542. The highest BCUT2D eigenvalue weighted by Crippen LogP contribution is 2.49. The highest BCUT2D eigenvalue weighted by Gasteiger charge is 2.52. The van der Waals surface area contributed by atoms with Crippen LogP contribution in [0.3, 0.4) is 0 Å². The maximum absolute atomic E-state index is 13.7. The smallest absolute Gasteiger partial charge is 0.230 e. The standard InChI is InChI=1S/C14H18FNO/c1-10(2)9-16-13(17)14(7-8-14)11-5-3-4-6-12(11)15/h3-6,10H,7-9H2,1-2H3,(H,16,17). The van der Waals surface area contributed by atoms with Crippen molar-refractivity contribution in [1.82, 2.24) is 5.32 Å². The topological polar surface area (TPSA) is 29.1 Å². The Hall–Kier alpha value is -1.38. The molecule has 0 atom stereocenters. The first kappa shape index (κ1) is 12.1. The molecule has 1 saturated carbocycles. The zero-order chi connectivity index (χ0) is 12.5. The molecule has 0 bridgehead atoms. The van der Waals surface area contributed by atoms with E-state index in [0.29, 0.717) is 18.0 Å². The molecule has 0 aromatic heterocycles. The largest absolute Gasteiger partial charge is 0.355 e. The molecule has 0 radical (unpaired) electrons. The SMILES string of the molecule is CC(C)CNC(=O)C1(c2ccccc2F)CC1. The van der Waals surface area contributed by atoms with Gasteiger partial charge in [0.15, 0.2) is 0 Å². The summed E-state index contributed by atoms with van der Waals surface area (Å²) in [4.78, 5) is 12.1. The number of hydrogen-bond acceptors (Lipinski definition) is 1. The molecule has 0 saturated heterocycles. The zero-order valence-corrected chi connectivity index (χ0v) is 10.3. The Labute approximate surface area is 101 Å². The summed E-state index contributed by atoms with van der Waals surface area (Å²) in [5.74, 6) is 0.108. The summed E-state index contributed by atoms with van der Waals surface area (Å²) < 4.78 is 13.7. The second-order valence-electron chi connectivity index (χ2n) is 5.17. The molecule has 1 fully saturated rings. The van der Waals surface area contributed by atoms with Gasteiger partial charge in [0.05, 0.1) is 5.41 Å². The van der Waals surface area contributed by atoms with Crippen molar-refractivity contribution in [1.29, 1.82) is 0 Å². The fourth-order valence-corrected chi connectivity index (χ4v) is 2.06. The molecule has 3 heteroatoms. The highest BCUT2D eigenvalue weighted by atomic mass is 19.1. The highest BCUT2D eigenvalue weighted by molar-refractivity contribution is 5.91. The molecule has 0 unspecified atom stereocenters. The minimum Gasteiger partial charge on any atom is -0.355 e. The minimum absolute atomic E-state index is 0.0312. The summed E-state index contributed by atoms with van der Waals surface area (Å²) in [5, 5.41) is 2.90. The van der Waals surface area contributed by atoms with Gasteiger partial charge in [0.2, 0.25) is 5.91 Å². The molecule has 1 N–H and O–H groups in total. The number of carbonyl (C=O) groups is 1. The van der Waals surface area contributed by atoms with E-state index in [2.05, 4.69) is 5.32 Å². The average Bonchev–Trinajstić information content (AvgIpc) is 3.07. The van der Waals surface area contributed by atoms with Gasteiger partial charge in [0, 0.05) is 12.1 Å². The number of amides is 1. The van der Waals surface area contributed by atoms with Crippen LogP contribution in [0, 0.1) is 11.7 Å². The Morgan fingerprint density at radius 3 is 2.59 bits per heavy atom. The van der Waals surface area contributed by atoms with Crippen LogP contribution < -0.4 is 5.32 Å². The van der Waals surface area contributed by atoms with Crippen LogP contribution in [0.2, 0.25) is 0 Å². The molecule has 1 aliphatic rings. The van der Waals surface area contributed by atoms with Crippen LogP contribution in [0.25, 0.3) is 0 Å². The summed E-state index contributed by atoms with van der Waals surface area (Å²) in [6.45, 7) is 4.74. The van der Waals surface area contributed by atoms with Gasteiger partial charge in [0.1, 0.15) is 5.82 Å². The van der Waals surface area contributed by atoms with Crippen molar-refractivity contribution in [3.63, 3.8) is 0 Å². The van der Waals surface area contributed by atoms with E-state index in [1.54, 1.807) is 18.2 Å². The summed E-state index contributed by atoms with van der Waals surface area (Å²) in [7, 11) is 0. The van der Waals surface area contributed by atoms with Crippen LogP contribution >= 0.6 is 0 Å². The molecular weight excluding hydrogens is 217 g/mol. The molecule has 1 aromatic carbocycles. The Morgan fingerprint density at radius 1 is 1.41 bits per heavy atom. The zero-order valence-electron chi connectivity index (χ0n) is 10.3. The van der Waals surface area contributed by atoms with Crippen molar-refractivity contribution in [3.05, 3.63) is 35.6 Å². The molecule has 17 heavy (non-hydrogen) atoms. The van der Waals surface area contributed by atoms with Crippen molar-refractivity contribution < 1.29 is 9.18 Å². The van der Waals surface area contributed by atoms with Crippen molar-refractivity contribution in [3.8, 4) is 0 Å². The van der Waals surface area contributed by atoms with E-state index < -0.39 is 5.41 Å². The lowest BCUT2D eigenvalue weighted by Crippen LogP contribution is -2.37. The molecule has 1 amide bonds. The third-order valence-electron chi connectivity index (χ3n) is 3.24. The second-order valence-corrected chi connectivity index (χ2v) is 5.17. The lowest BCUT2D eigenvalue weighted by molar-refractivity contribution is -0.123. The number of halogens is 1. The number of hydrogen-bond donors (Lipinski definition) is 1. The van der Waals surface area contributed by atoms with Gasteiger partial charge in [-0.05, 0) is 24.8 Å². The predicted octanol–water partition coefficient (Wildman–Crippen LogP) is 2.63. The first-order valence-electron chi connectivity index (χ1n) is 6.09. The monoisotopic (exact) mass is 235 g/mol. The molecule has 2 rings (SSSR count). The van der Waals surface area contributed by atoms with Gasteiger partial charge in [0.25, 0.3) is 0 Å². The second kappa shape index (κ2) is 4.47. The molecule has 1 aliphatic carbocycles. The van der Waals surface area contributed by atoms with E-state index in [1.165, 1.54) is 6.07 Å². The maximum atomic E-state index is 13.7. The number of carbonyl (C=O) groups excluding carboxylic acids is 1. The van der Waals surface area contributed by atoms with Gasteiger partial charge in [-0.3, -0.25) is 4.79 Å². The van der Waals surface area contributed by atoms with Crippen molar-refractivity contribution in [2.24, 2.45) is 5.92 Å². The number of benzene rings is 1. The molecule has 0 aliphatic heterocycles. The Morgan fingerprint density at radius 2 is 2.06 bits per heavy atom. The summed E-state index contributed by atoms with van der Waals surface area (Å²) in [6.07, 6.45) is 1.50. The van der Waals surface area contributed by atoms with Crippen LogP contribution in [-0.2, 0) is 10.2 Å². The first-order chi connectivity index (χ1) is 8.06. The van der Waals surface area contributed by atoms with Crippen LogP contribution in [-0.4, -0.2) is 12.5 Å². The predicted molar refractivity (Wildman–Crippen MR) is 65.2 cm³/mol. The molecular formula is C14H18FNO. The van der Waals surface area contributed by atoms with Gasteiger partial charge < -0.3 is 5.32 Å². The van der Waals surface area contributed by atoms with Gasteiger partial charge in [-0.25, -0.2) is 4.39 Å². The molecule has 2 nitrogen and oxygen atoms in total. The van der Waals surface area contributed by atoms with E-state index >= 15 is 0 Å². The Bertz CT molecular complexity index is 424. The van der Waals surface area contributed by atoms with Crippen molar-refractivity contribution in [2.75, 3.05) is 6.54 Å². The maximum Gasteiger partial charge on any atom is 0.230 e. The summed E-state index contributed by atoms with van der Waals surface area (Å²) >= 11 is 0. The van der Waals surface area contributed by atoms with E-state index in [-0.39, 0.29) is 11.7 Å². The third kappa shape index (κ3) is 2.33. The quantitative estimate of drug-likeness (QED) is 0.854. The van der Waals surface area contributed by atoms with Crippen LogP contribution in [0.1, 0.15) is 32.3 Å². The van der Waals surface area contributed by atoms with Crippen molar-refractivity contribution >= 4 is 5.91 Å². The van der Waals surface area contributed by atoms with Gasteiger partial charge in [-0.1, -0.05) is 32.0 Å². The van der Waals surface area contributed by atoms with Gasteiger partial charge in [-0.2, -0.15) is 0 Å². The third-order valence-corrected chi connectivity index (χ3v) is 3.24. The van der Waals surface area contributed by atoms with E-state index in [9.17, 15) is 9.18 Å². The van der Waals surface area contributed by atoms with Crippen LogP contribution in [0.15, 0.2) is 24.3 Å². The Balaban J connectivity index is 2.15. The molecule has 92 valence electrons. The lowest BCUT2D eigenvalue weighted by atomic mass is 9.94. The average molecular weight is 235 g/mol. The lowest BCUT2D eigenvalue weighted by Gasteiger charge is -2.17. The minimum atomic E-state index is -0.597. The van der Waals surface area contributed by atoms with E-state index in [1.807, 2.05) is 13.8 Å². The van der Waals surface area contributed by atoms with E-state index in [4.69, 9.17) is 0 Å². The first-order valence-corrected chi connectivity index (χ1v) is 6.09. The fraction of sp³-hybridized carbons (Fsp3) is 0.500. The van der Waals surface area contributed by atoms with Gasteiger partial charge in [-0.15, -0.1) is 0 Å². The normalized spacial score (nSPS) is 16.9. The van der Waals surface area contributed by atoms with Gasteiger partial charge >= 0.3 is 0 Å².